The summed E-state index contributed by atoms with van der Waals surface area (Å²) in [6, 6.07) is 7.56. The minimum atomic E-state index is -1.08. The Balaban J connectivity index is 2.26. The molecule has 0 fully saturated rings. The second kappa shape index (κ2) is 3.94. The fourth-order valence-corrected chi connectivity index (χ4v) is 1.95. The van der Waals surface area contributed by atoms with Gasteiger partial charge in [-0.15, -0.1) is 0 Å². The lowest BCUT2D eigenvalue weighted by molar-refractivity contribution is -0.304. The van der Waals surface area contributed by atoms with Crippen LogP contribution in [0.4, 0.5) is 0 Å². The Kier molecular flexibility index (Phi) is 2.64. The number of nitrogens with zero attached hydrogens (tertiary/aromatic N) is 1. The van der Waals surface area contributed by atoms with Gasteiger partial charge in [-0.1, -0.05) is 23.9 Å². The first kappa shape index (κ1) is 10.0. The summed E-state index contributed by atoms with van der Waals surface area (Å²) in [4.78, 5) is 17.8. The van der Waals surface area contributed by atoms with Crippen LogP contribution in [0.5, 0.6) is 0 Å². The lowest BCUT2D eigenvalue weighted by Crippen LogP contribution is -2.31. The number of carbonyl (C=O) groups is 1. The van der Waals surface area contributed by atoms with E-state index in [9.17, 15) is 9.90 Å². The number of aromatic amines is 1. The van der Waals surface area contributed by atoms with Crippen LogP contribution in [0, 0.1) is 0 Å². The van der Waals surface area contributed by atoms with Crippen LogP contribution in [0.3, 0.4) is 0 Å². The highest BCUT2D eigenvalue weighted by atomic mass is 32.2. The van der Waals surface area contributed by atoms with E-state index in [1.165, 1.54) is 0 Å². The van der Waals surface area contributed by atoms with Crippen molar-refractivity contribution < 1.29 is 9.90 Å². The number of nitrogens with one attached hydrogen (secondary N) is 1. The highest BCUT2D eigenvalue weighted by Crippen LogP contribution is 2.22. The second-order valence-corrected chi connectivity index (χ2v) is 4.47. The standard InChI is InChI=1S/C10H10N2O2S/c1-6(9(13)14)15-10-11-7-4-2-3-5-8(7)12-10/h2-6H,1H3,(H,11,12)(H,13,14)/p-1/t6-/m0/s1. The summed E-state index contributed by atoms with van der Waals surface area (Å²) in [5.41, 5.74) is 1.75. The Morgan fingerprint density at radius 1 is 1.53 bits per heavy atom. The van der Waals surface area contributed by atoms with E-state index in [4.69, 9.17) is 0 Å². The number of aromatic nitrogens is 2. The molecular formula is C10H9N2O2S-. The maximum atomic E-state index is 10.5. The largest absolute Gasteiger partial charge is 0.549 e. The van der Waals surface area contributed by atoms with Crippen molar-refractivity contribution in [3.8, 4) is 0 Å². The third kappa shape index (κ3) is 2.12. The minimum absolute atomic E-state index is 0.605. The third-order valence-electron chi connectivity index (χ3n) is 1.99. The number of hydrogen-bond acceptors (Lipinski definition) is 4. The zero-order chi connectivity index (χ0) is 10.8. The van der Waals surface area contributed by atoms with Gasteiger partial charge in [-0.2, -0.15) is 0 Å². The molecule has 2 rings (SSSR count). The van der Waals surface area contributed by atoms with Crippen LogP contribution in [-0.2, 0) is 4.79 Å². The van der Waals surface area contributed by atoms with E-state index in [0.29, 0.717) is 5.16 Å². The Bertz CT molecular complexity index is 462. The molecule has 4 nitrogen and oxygen atoms in total. The maximum absolute atomic E-state index is 10.5. The van der Waals surface area contributed by atoms with Crippen molar-refractivity contribution in [1.82, 2.24) is 9.97 Å². The fourth-order valence-electron chi connectivity index (χ4n) is 1.20. The van der Waals surface area contributed by atoms with Crippen LogP contribution in [-0.4, -0.2) is 21.2 Å². The third-order valence-corrected chi connectivity index (χ3v) is 2.95. The summed E-state index contributed by atoms with van der Waals surface area (Å²) in [7, 11) is 0. The Morgan fingerprint density at radius 2 is 2.27 bits per heavy atom. The lowest BCUT2D eigenvalue weighted by atomic mass is 10.3. The first-order chi connectivity index (χ1) is 7.16. The van der Waals surface area contributed by atoms with Gasteiger partial charge in [-0.25, -0.2) is 4.98 Å². The normalized spacial score (nSPS) is 12.9. The van der Waals surface area contributed by atoms with Gasteiger partial charge < -0.3 is 14.9 Å². The molecule has 78 valence electrons. The number of rotatable bonds is 3. The monoisotopic (exact) mass is 221 g/mol. The molecule has 0 aliphatic rings. The van der Waals surface area contributed by atoms with E-state index < -0.39 is 11.2 Å². The zero-order valence-corrected chi connectivity index (χ0v) is 8.88. The van der Waals surface area contributed by atoms with Crippen molar-refractivity contribution in [3.05, 3.63) is 24.3 Å². The van der Waals surface area contributed by atoms with E-state index >= 15 is 0 Å². The number of aliphatic carboxylic acids is 1. The molecule has 1 heterocycles. The number of carboxylic acids is 1. The number of imidazole rings is 1. The Hall–Kier alpha value is -1.49. The number of fused-ring (bicyclic) bond motifs is 1. The average molecular weight is 221 g/mol. The van der Waals surface area contributed by atoms with E-state index in [2.05, 4.69) is 9.97 Å². The fraction of sp³-hybridized carbons (Fsp3) is 0.200. The van der Waals surface area contributed by atoms with Crippen molar-refractivity contribution in [2.24, 2.45) is 0 Å². The highest BCUT2D eigenvalue weighted by Gasteiger charge is 2.08. The van der Waals surface area contributed by atoms with Gasteiger partial charge in [-0.05, 0) is 19.1 Å². The molecule has 0 saturated carbocycles. The summed E-state index contributed by atoms with van der Waals surface area (Å²) >= 11 is 1.15. The average Bonchev–Trinajstić information content (AvgIpc) is 2.59. The molecular weight excluding hydrogens is 212 g/mol. The van der Waals surface area contributed by atoms with E-state index in [-0.39, 0.29) is 0 Å². The van der Waals surface area contributed by atoms with Gasteiger partial charge in [0.25, 0.3) is 0 Å². The summed E-state index contributed by atoms with van der Waals surface area (Å²) in [6.07, 6.45) is 0. The van der Waals surface area contributed by atoms with Gasteiger partial charge in [0.05, 0.1) is 17.0 Å². The predicted octanol–water partition coefficient (Wildman–Crippen LogP) is 0.793. The first-order valence-corrected chi connectivity index (χ1v) is 5.37. The quantitative estimate of drug-likeness (QED) is 0.778. The van der Waals surface area contributed by atoms with E-state index in [1.54, 1.807) is 6.92 Å². The number of thioether (sulfide) groups is 1. The topological polar surface area (TPSA) is 68.8 Å². The Morgan fingerprint density at radius 3 is 2.93 bits per heavy atom. The smallest absolute Gasteiger partial charge is 0.166 e. The van der Waals surface area contributed by atoms with Crippen molar-refractivity contribution in [1.29, 1.82) is 0 Å². The molecule has 0 saturated heterocycles. The summed E-state index contributed by atoms with van der Waals surface area (Å²) < 4.78 is 0. The molecule has 1 N–H and O–H groups in total. The summed E-state index contributed by atoms with van der Waals surface area (Å²) in [6.45, 7) is 1.58. The van der Waals surface area contributed by atoms with Crippen LogP contribution in [0.15, 0.2) is 29.4 Å². The molecule has 5 heteroatoms. The summed E-state index contributed by atoms with van der Waals surface area (Å²) in [5, 5.41) is 10.5. The number of benzene rings is 1. The Labute approximate surface area is 90.7 Å². The molecule has 0 radical (unpaired) electrons. The van der Waals surface area contributed by atoms with Gasteiger partial charge >= 0.3 is 0 Å². The minimum Gasteiger partial charge on any atom is -0.549 e. The zero-order valence-electron chi connectivity index (χ0n) is 8.06. The first-order valence-electron chi connectivity index (χ1n) is 4.49. The van der Waals surface area contributed by atoms with Gasteiger partial charge in [0, 0.05) is 5.25 Å². The van der Waals surface area contributed by atoms with E-state index in [1.807, 2.05) is 24.3 Å². The van der Waals surface area contributed by atoms with Crippen molar-refractivity contribution in [2.75, 3.05) is 0 Å². The van der Waals surface area contributed by atoms with Crippen LogP contribution in [0.1, 0.15) is 6.92 Å². The van der Waals surface area contributed by atoms with Crippen LogP contribution < -0.4 is 5.11 Å². The molecule has 15 heavy (non-hydrogen) atoms. The molecule has 0 aliphatic heterocycles. The molecule has 0 unspecified atom stereocenters. The maximum Gasteiger partial charge on any atom is 0.166 e. The summed E-state index contributed by atoms with van der Waals surface area (Å²) in [5.74, 6) is -1.08. The highest BCUT2D eigenvalue weighted by molar-refractivity contribution is 8.00. The van der Waals surface area contributed by atoms with E-state index in [0.717, 1.165) is 22.8 Å². The molecule has 0 amide bonds. The van der Waals surface area contributed by atoms with Crippen molar-refractivity contribution >= 4 is 28.8 Å². The SMILES string of the molecule is C[C@H](Sc1nc2ccccc2[nH]1)C(=O)[O-]. The molecule has 0 bridgehead atoms. The molecule has 2 aromatic rings. The number of carboxylic acid groups (broad SMARTS) is 1. The number of hydrogen-bond donors (Lipinski definition) is 1. The van der Waals surface area contributed by atoms with Crippen molar-refractivity contribution in [3.63, 3.8) is 0 Å². The van der Waals surface area contributed by atoms with Gasteiger partial charge in [-0.3, -0.25) is 0 Å². The van der Waals surface area contributed by atoms with Gasteiger partial charge in [0.1, 0.15) is 0 Å². The molecule has 0 spiro atoms. The predicted molar refractivity (Wildman–Crippen MR) is 56.4 cm³/mol. The second-order valence-electron chi connectivity index (χ2n) is 3.14. The number of para-hydroxylation sites is 2. The van der Waals surface area contributed by atoms with Gasteiger partial charge in [0.15, 0.2) is 5.16 Å². The number of carbonyl (C=O) groups excluding carboxylic acids is 1. The van der Waals surface area contributed by atoms with Crippen molar-refractivity contribution in [2.45, 2.75) is 17.3 Å². The van der Waals surface area contributed by atoms with Crippen LogP contribution in [0.25, 0.3) is 11.0 Å². The van der Waals surface area contributed by atoms with Crippen LogP contribution in [0.2, 0.25) is 0 Å². The van der Waals surface area contributed by atoms with Crippen LogP contribution >= 0.6 is 11.8 Å². The molecule has 0 aliphatic carbocycles. The molecule has 1 aromatic carbocycles. The number of H-pyrrole nitrogens is 1. The lowest BCUT2D eigenvalue weighted by Gasteiger charge is -2.08. The van der Waals surface area contributed by atoms with Gasteiger partial charge in [0.2, 0.25) is 0 Å². The molecule has 1 atom stereocenters. The molecule has 1 aromatic heterocycles.